The number of alkyl halides is 6. The maximum atomic E-state index is 12.5. The molecular formula is C3H2ClF6O5RbS2. The first kappa shape index (κ1) is 21.8. The SMILES string of the molecule is O=S(=O)(O)C(F)(F)C(F)(F)C(F)(F)S(=O)(=O)Cl.[H-].[Rb+]. The maximum absolute atomic E-state index is 12.5. The Bertz CT molecular complexity index is 473. The quantitative estimate of drug-likeness (QED) is 0.338. The van der Waals surface area contributed by atoms with E-state index in [1.54, 1.807) is 0 Å². The number of hydrogen-bond acceptors (Lipinski definition) is 4. The Morgan fingerprint density at radius 3 is 1.33 bits per heavy atom. The van der Waals surface area contributed by atoms with Gasteiger partial charge in [-0.1, -0.05) is 0 Å². The van der Waals surface area contributed by atoms with Crippen LogP contribution in [0, 0.1) is 0 Å². The molecule has 0 unspecified atom stereocenters. The minimum Gasteiger partial charge on any atom is -1.00 e. The van der Waals surface area contributed by atoms with Gasteiger partial charge in [-0.15, -0.1) is 0 Å². The normalized spacial score (nSPS) is 15.1. The van der Waals surface area contributed by atoms with E-state index in [9.17, 15) is 43.2 Å². The summed E-state index contributed by atoms with van der Waals surface area (Å²) in [6.07, 6.45) is 0. The topological polar surface area (TPSA) is 88.5 Å². The summed E-state index contributed by atoms with van der Waals surface area (Å²) in [6.45, 7) is 0. The molecule has 0 aliphatic rings. The summed E-state index contributed by atoms with van der Waals surface area (Å²) in [5.41, 5.74) is 0. The molecule has 0 fully saturated rings. The zero-order valence-corrected chi connectivity index (χ0v) is 15.3. The van der Waals surface area contributed by atoms with Crippen LogP contribution in [0.1, 0.15) is 1.43 Å². The van der Waals surface area contributed by atoms with Crippen LogP contribution >= 0.6 is 10.7 Å². The third-order valence-electron chi connectivity index (χ3n) is 1.36. The van der Waals surface area contributed by atoms with Crippen molar-refractivity contribution in [2.24, 2.45) is 0 Å². The van der Waals surface area contributed by atoms with Crippen LogP contribution in [-0.2, 0) is 19.2 Å². The van der Waals surface area contributed by atoms with Gasteiger partial charge in [0.15, 0.2) is 0 Å². The van der Waals surface area contributed by atoms with Gasteiger partial charge in [0.25, 0.3) is 0 Å². The summed E-state index contributed by atoms with van der Waals surface area (Å²) >= 11 is 0. The van der Waals surface area contributed by atoms with Crippen molar-refractivity contribution in [1.29, 1.82) is 0 Å². The van der Waals surface area contributed by atoms with E-state index in [1.165, 1.54) is 0 Å². The molecule has 18 heavy (non-hydrogen) atoms. The van der Waals surface area contributed by atoms with Crippen LogP contribution < -0.4 is 58.2 Å². The second-order valence-electron chi connectivity index (χ2n) is 2.52. The van der Waals surface area contributed by atoms with E-state index in [2.05, 4.69) is 10.7 Å². The van der Waals surface area contributed by atoms with Gasteiger partial charge in [0.2, 0.25) is 0 Å². The molecule has 106 valence electrons. The number of halogens is 7. The largest absolute Gasteiger partial charge is 1.00 e. The van der Waals surface area contributed by atoms with Crippen LogP contribution in [0.15, 0.2) is 0 Å². The maximum Gasteiger partial charge on any atom is 1.00 e. The van der Waals surface area contributed by atoms with Crippen molar-refractivity contribution in [1.82, 2.24) is 0 Å². The minimum absolute atomic E-state index is 0. The van der Waals surface area contributed by atoms with E-state index in [0.29, 0.717) is 0 Å². The van der Waals surface area contributed by atoms with Gasteiger partial charge in [0.05, 0.1) is 0 Å². The zero-order valence-electron chi connectivity index (χ0n) is 9.04. The fourth-order valence-corrected chi connectivity index (χ4v) is 1.73. The van der Waals surface area contributed by atoms with Crippen LogP contribution in [0.25, 0.3) is 0 Å². The smallest absolute Gasteiger partial charge is 1.00 e. The molecule has 0 radical (unpaired) electrons. The predicted molar refractivity (Wildman–Crippen MR) is 42.3 cm³/mol. The third-order valence-corrected chi connectivity index (χ3v) is 3.72. The van der Waals surface area contributed by atoms with Crippen molar-refractivity contribution >= 4 is 29.9 Å². The molecule has 0 spiro atoms. The number of hydrogen-bond donors (Lipinski definition) is 1. The van der Waals surface area contributed by atoms with Crippen LogP contribution in [0.2, 0.25) is 0 Å². The Labute approximate surface area is 151 Å². The minimum atomic E-state index is -6.99. The van der Waals surface area contributed by atoms with Gasteiger partial charge in [-0.3, -0.25) is 4.55 Å². The predicted octanol–water partition coefficient (Wildman–Crippen LogP) is -1.62. The summed E-state index contributed by atoms with van der Waals surface area (Å²) in [5.74, 6) is -6.96. The second kappa shape index (κ2) is 5.73. The summed E-state index contributed by atoms with van der Waals surface area (Å²) in [7, 11) is -9.76. The fourth-order valence-electron chi connectivity index (χ4n) is 0.485. The molecule has 0 aliphatic carbocycles. The molecule has 5 nitrogen and oxygen atoms in total. The average Bonchev–Trinajstić information content (AvgIpc) is 1.98. The van der Waals surface area contributed by atoms with E-state index in [0.717, 1.165) is 0 Å². The van der Waals surface area contributed by atoms with Crippen LogP contribution in [0.4, 0.5) is 26.3 Å². The molecular weight excluding hydrogens is 415 g/mol. The standard InChI is InChI=1S/C3HClF6O5S2.Rb.H/c4-16(11,12)2(7,8)1(5,6)3(9,10)17(13,14)15;;/h(H,13,14,15);;/q;+1;-1. The fraction of sp³-hybridized carbons (Fsp3) is 1.00. The summed E-state index contributed by atoms with van der Waals surface area (Å²) in [4.78, 5) is 0. The molecule has 0 saturated heterocycles. The molecule has 0 aromatic rings. The van der Waals surface area contributed by atoms with Crippen molar-refractivity contribution in [3.05, 3.63) is 0 Å². The monoisotopic (exact) mass is 416 g/mol. The molecule has 0 rings (SSSR count). The van der Waals surface area contributed by atoms with Gasteiger partial charge >= 0.3 is 93.8 Å². The first-order valence-electron chi connectivity index (χ1n) is 3.05. The van der Waals surface area contributed by atoms with E-state index in [-0.39, 0.29) is 59.6 Å². The molecule has 0 atom stereocenters. The van der Waals surface area contributed by atoms with Crippen molar-refractivity contribution in [2.75, 3.05) is 0 Å². The Hall–Kier alpha value is 1.54. The van der Waals surface area contributed by atoms with Gasteiger partial charge in [-0.25, -0.2) is 8.42 Å². The van der Waals surface area contributed by atoms with Gasteiger partial charge in [0, 0.05) is 10.7 Å². The molecule has 0 amide bonds. The van der Waals surface area contributed by atoms with Crippen molar-refractivity contribution in [3.63, 3.8) is 0 Å². The molecule has 0 heterocycles. The van der Waals surface area contributed by atoms with E-state index in [1.807, 2.05) is 0 Å². The first-order valence-corrected chi connectivity index (χ1v) is 6.80. The molecule has 0 bridgehead atoms. The van der Waals surface area contributed by atoms with Crippen LogP contribution in [-0.4, -0.2) is 37.8 Å². The Morgan fingerprint density at radius 2 is 1.17 bits per heavy atom. The second-order valence-corrected chi connectivity index (χ2v) is 6.59. The van der Waals surface area contributed by atoms with Gasteiger partial charge in [-0.2, -0.15) is 34.8 Å². The molecule has 0 aliphatic heterocycles. The van der Waals surface area contributed by atoms with Crippen LogP contribution in [0.5, 0.6) is 0 Å². The van der Waals surface area contributed by atoms with Crippen molar-refractivity contribution < 1.29 is 107 Å². The average molecular weight is 417 g/mol. The van der Waals surface area contributed by atoms with E-state index in [4.69, 9.17) is 4.55 Å². The Morgan fingerprint density at radius 1 is 0.889 bits per heavy atom. The van der Waals surface area contributed by atoms with Crippen molar-refractivity contribution in [3.8, 4) is 0 Å². The Balaban J connectivity index is -0.00000128. The van der Waals surface area contributed by atoms with Crippen LogP contribution in [0.3, 0.4) is 0 Å². The molecule has 0 aromatic heterocycles. The summed E-state index contributed by atoms with van der Waals surface area (Å²) in [5, 5.41) is -13.4. The molecule has 0 saturated carbocycles. The zero-order chi connectivity index (χ0) is 14.5. The number of rotatable bonds is 4. The van der Waals surface area contributed by atoms with Gasteiger partial charge in [0.1, 0.15) is 0 Å². The third kappa shape index (κ3) is 3.40. The molecule has 15 heteroatoms. The van der Waals surface area contributed by atoms with E-state index >= 15 is 0 Å². The van der Waals surface area contributed by atoms with E-state index < -0.39 is 35.6 Å². The Kier molecular flexibility index (Phi) is 6.95. The van der Waals surface area contributed by atoms with Crippen molar-refractivity contribution in [2.45, 2.75) is 16.4 Å². The summed E-state index contributed by atoms with van der Waals surface area (Å²) < 4.78 is 122. The molecule has 0 aromatic carbocycles. The summed E-state index contributed by atoms with van der Waals surface area (Å²) in [6, 6.07) is 0. The van der Waals surface area contributed by atoms with Gasteiger partial charge in [-0.05, 0) is 0 Å². The van der Waals surface area contributed by atoms with Gasteiger partial charge < -0.3 is 1.43 Å². The molecule has 1 N–H and O–H groups in total. The first-order chi connectivity index (χ1) is 7.00.